The van der Waals surface area contributed by atoms with Gasteiger partial charge in [0, 0.05) is 23.3 Å². The molecule has 23 heavy (non-hydrogen) atoms. The summed E-state index contributed by atoms with van der Waals surface area (Å²) in [6.45, 7) is 0. The van der Waals surface area contributed by atoms with Gasteiger partial charge in [-0.15, -0.1) is 0 Å². The van der Waals surface area contributed by atoms with Crippen LogP contribution >= 0.6 is 0 Å². The van der Waals surface area contributed by atoms with Crippen LogP contribution in [0.4, 0.5) is 13.2 Å². The molecule has 1 aromatic carbocycles. The Morgan fingerprint density at radius 2 is 1.96 bits per heavy atom. The molecule has 1 unspecified atom stereocenters. The van der Waals surface area contributed by atoms with Gasteiger partial charge in [-0.2, -0.15) is 13.2 Å². The molecule has 2 heterocycles. The summed E-state index contributed by atoms with van der Waals surface area (Å²) in [6, 6.07) is 7.57. The molecule has 0 aliphatic carbocycles. The molecule has 122 valence electrons. The molecule has 0 saturated heterocycles. The summed E-state index contributed by atoms with van der Waals surface area (Å²) in [5.41, 5.74) is 10.4. The van der Waals surface area contributed by atoms with Gasteiger partial charge in [0.15, 0.2) is 5.96 Å². The smallest absolute Gasteiger partial charge is 0.370 e. The SMILES string of the molecule is NC1=NC(N)(CCc2c[nH]c3ccccc23)C(C(F)(F)F)=CN1. The first kappa shape index (κ1) is 15.4. The van der Waals surface area contributed by atoms with E-state index in [1.54, 1.807) is 6.20 Å². The van der Waals surface area contributed by atoms with E-state index in [4.69, 9.17) is 11.5 Å². The summed E-state index contributed by atoms with van der Waals surface area (Å²) in [6.07, 6.45) is -1.68. The number of aliphatic imine (C=N–C) groups is 1. The zero-order valence-corrected chi connectivity index (χ0v) is 12.1. The van der Waals surface area contributed by atoms with E-state index in [2.05, 4.69) is 15.3 Å². The van der Waals surface area contributed by atoms with E-state index < -0.39 is 17.4 Å². The number of aromatic amines is 1. The van der Waals surface area contributed by atoms with E-state index >= 15 is 0 Å². The lowest BCUT2D eigenvalue weighted by Crippen LogP contribution is -2.52. The number of aryl methyl sites for hydroxylation is 1. The maximum absolute atomic E-state index is 13.2. The van der Waals surface area contributed by atoms with E-state index in [1.807, 2.05) is 24.3 Å². The van der Waals surface area contributed by atoms with Crippen molar-refractivity contribution in [2.45, 2.75) is 24.7 Å². The van der Waals surface area contributed by atoms with Crippen LogP contribution in [-0.4, -0.2) is 22.8 Å². The fraction of sp³-hybridized carbons (Fsp3) is 0.267. The van der Waals surface area contributed by atoms with Gasteiger partial charge in [-0.1, -0.05) is 18.2 Å². The quantitative estimate of drug-likeness (QED) is 0.697. The molecule has 1 aromatic heterocycles. The van der Waals surface area contributed by atoms with Crippen LogP contribution < -0.4 is 16.8 Å². The molecule has 8 heteroatoms. The highest BCUT2D eigenvalue weighted by Crippen LogP contribution is 2.37. The van der Waals surface area contributed by atoms with Gasteiger partial charge in [-0.3, -0.25) is 0 Å². The van der Waals surface area contributed by atoms with Crippen molar-refractivity contribution in [3.05, 3.63) is 47.8 Å². The van der Waals surface area contributed by atoms with Crippen molar-refractivity contribution in [3.63, 3.8) is 0 Å². The van der Waals surface area contributed by atoms with E-state index in [-0.39, 0.29) is 12.4 Å². The Kier molecular flexibility index (Phi) is 3.56. The average molecular weight is 323 g/mol. The van der Waals surface area contributed by atoms with E-state index in [0.29, 0.717) is 6.42 Å². The molecule has 0 bridgehead atoms. The van der Waals surface area contributed by atoms with Gasteiger partial charge < -0.3 is 21.8 Å². The van der Waals surface area contributed by atoms with Crippen molar-refractivity contribution >= 4 is 16.9 Å². The van der Waals surface area contributed by atoms with Crippen LogP contribution in [0.3, 0.4) is 0 Å². The van der Waals surface area contributed by atoms with E-state index in [0.717, 1.165) is 22.7 Å². The summed E-state index contributed by atoms with van der Waals surface area (Å²) in [7, 11) is 0. The molecule has 2 aromatic rings. The molecular formula is C15H16F3N5. The van der Waals surface area contributed by atoms with Gasteiger partial charge in [-0.25, -0.2) is 4.99 Å². The number of guanidine groups is 1. The van der Waals surface area contributed by atoms with Gasteiger partial charge in [-0.05, 0) is 24.5 Å². The Labute approximate surface area is 130 Å². The lowest BCUT2D eigenvalue weighted by atomic mass is 9.92. The van der Waals surface area contributed by atoms with Crippen LogP contribution in [0.15, 0.2) is 47.2 Å². The molecule has 6 N–H and O–H groups in total. The highest BCUT2D eigenvalue weighted by atomic mass is 19.4. The maximum atomic E-state index is 13.2. The van der Waals surface area contributed by atoms with Crippen LogP contribution in [-0.2, 0) is 6.42 Å². The number of hydrogen-bond acceptors (Lipinski definition) is 4. The topological polar surface area (TPSA) is 92.2 Å². The molecule has 0 saturated carbocycles. The first-order chi connectivity index (χ1) is 10.8. The minimum absolute atomic E-state index is 0.0113. The molecule has 0 amide bonds. The monoisotopic (exact) mass is 323 g/mol. The lowest BCUT2D eigenvalue weighted by molar-refractivity contribution is -0.101. The third kappa shape index (κ3) is 2.89. The second-order valence-electron chi connectivity index (χ2n) is 5.48. The fourth-order valence-corrected chi connectivity index (χ4v) is 2.76. The average Bonchev–Trinajstić information content (AvgIpc) is 2.87. The first-order valence-electron chi connectivity index (χ1n) is 7.03. The van der Waals surface area contributed by atoms with E-state index in [9.17, 15) is 13.2 Å². The number of alkyl halides is 3. The Morgan fingerprint density at radius 1 is 1.22 bits per heavy atom. The Bertz CT molecular complexity index is 790. The maximum Gasteiger partial charge on any atom is 0.417 e. The van der Waals surface area contributed by atoms with Crippen LogP contribution in [0.5, 0.6) is 0 Å². The van der Waals surface area contributed by atoms with Gasteiger partial charge >= 0.3 is 6.18 Å². The van der Waals surface area contributed by atoms with Crippen molar-refractivity contribution in [1.82, 2.24) is 10.3 Å². The van der Waals surface area contributed by atoms with E-state index in [1.165, 1.54) is 0 Å². The first-order valence-corrected chi connectivity index (χ1v) is 7.03. The van der Waals surface area contributed by atoms with Gasteiger partial charge in [0.25, 0.3) is 0 Å². The molecule has 3 rings (SSSR count). The molecular weight excluding hydrogens is 307 g/mol. The molecule has 0 fully saturated rings. The molecule has 5 nitrogen and oxygen atoms in total. The van der Waals surface area contributed by atoms with Gasteiger partial charge in [0.1, 0.15) is 5.66 Å². The van der Waals surface area contributed by atoms with Crippen LogP contribution in [0.1, 0.15) is 12.0 Å². The number of nitrogens with one attached hydrogen (secondary N) is 2. The number of halogens is 3. The summed E-state index contributed by atoms with van der Waals surface area (Å²) in [4.78, 5) is 6.89. The van der Waals surface area contributed by atoms with Crippen LogP contribution in [0.2, 0.25) is 0 Å². The van der Waals surface area contributed by atoms with Gasteiger partial charge in [0.05, 0.1) is 5.57 Å². The van der Waals surface area contributed by atoms with Crippen LogP contribution in [0.25, 0.3) is 10.9 Å². The number of para-hydroxylation sites is 1. The second kappa shape index (κ2) is 5.31. The van der Waals surface area contributed by atoms with Crippen LogP contribution in [0, 0.1) is 0 Å². The molecule has 0 spiro atoms. The molecule has 0 radical (unpaired) electrons. The third-order valence-electron chi connectivity index (χ3n) is 3.91. The lowest BCUT2D eigenvalue weighted by Gasteiger charge is -2.32. The zero-order valence-electron chi connectivity index (χ0n) is 12.1. The summed E-state index contributed by atoms with van der Waals surface area (Å²) in [5.74, 6) is -0.126. The number of rotatable bonds is 3. The summed E-state index contributed by atoms with van der Waals surface area (Å²) >= 11 is 0. The number of nitrogens with two attached hydrogens (primary N) is 2. The Morgan fingerprint density at radius 3 is 2.70 bits per heavy atom. The minimum Gasteiger partial charge on any atom is -0.370 e. The number of nitrogens with zero attached hydrogens (tertiary/aromatic N) is 1. The highest BCUT2D eigenvalue weighted by molar-refractivity contribution is 5.83. The molecule has 1 atom stereocenters. The number of aromatic nitrogens is 1. The fourth-order valence-electron chi connectivity index (χ4n) is 2.76. The largest absolute Gasteiger partial charge is 0.417 e. The summed E-state index contributed by atoms with van der Waals surface area (Å²) in [5, 5.41) is 3.23. The predicted octanol–water partition coefficient (Wildman–Crippen LogP) is 2.12. The predicted molar refractivity (Wildman–Crippen MR) is 82.4 cm³/mol. The Balaban J connectivity index is 1.87. The zero-order chi connectivity index (χ0) is 16.7. The molecule has 1 aliphatic heterocycles. The van der Waals surface area contributed by atoms with Crippen molar-refractivity contribution < 1.29 is 13.2 Å². The number of benzene rings is 1. The highest BCUT2D eigenvalue weighted by Gasteiger charge is 2.47. The number of fused-ring (bicyclic) bond motifs is 1. The van der Waals surface area contributed by atoms with Gasteiger partial charge in [0.2, 0.25) is 0 Å². The Hall–Kier alpha value is -2.48. The summed E-state index contributed by atoms with van der Waals surface area (Å²) < 4.78 is 39.5. The van der Waals surface area contributed by atoms with Crippen molar-refractivity contribution in [1.29, 1.82) is 0 Å². The number of hydrogen-bond donors (Lipinski definition) is 4. The van der Waals surface area contributed by atoms with Crippen molar-refractivity contribution in [2.75, 3.05) is 0 Å². The van der Waals surface area contributed by atoms with Crippen molar-refractivity contribution in [3.8, 4) is 0 Å². The number of H-pyrrole nitrogens is 1. The van der Waals surface area contributed by atoms with Crippen molar-refractivity contribution in [2.24, 2.45) is 16.5 Å². The molecule has 1 aliphatic rings. The second-order valence-corrected chi connectivity index (χ2v) is 5.48. The normalized spacial score (nSPS) is 21.7. The third-order valence-corrected chi connectivity index (χ3v) is 3.91. The standard InChI is InChI=1S/C15H16F3N5/c16-15(17,18)12-8-22-13(19)23-14(12,20)6-5-9-7-21-11-4-2-1-3-10(9)11/h1-4,7-8,21H,5-6,20H2,(H3,19,22,23). The minimum atomic E-state index is -4.58.